The van der Waals surface area contributed by atoms with Crippen molar-refractivity contribution >= 4 is 17.5 Å². The first-order valence-corrected chi connectivity index (χ1v) is 10.3. The lowest BCUT2D eigenvalue weighted by Crippen LogP contribution is -2.41. The Labute approximate surface area is 178 Å². The number of carbonyl (C=O) groups excluding carboxylic acids is 2. The van der Waals surface area contributed by atoms with Crippen molar-refractivity contribution in [2.24, 2.45) is 0 Å². The molecule has 1 saturated heterocycles. The minimum absolute atomic E-state index is 0.0651. The van der Waals surface area contributed by atoms with E-state index in [2.05, 4.69) is 26.1 Å². The van der Waals surface area contributed by atoms with Crippen LogP contribution in [0.2, 0.25) is 0 Å². The second-order valence-electron chi connectivity index (χ2n) is 8.45. The van der Waals surface area contributed by atoms with Crippen molar-refractivity contribution < 1.29 is 19.1 Å². The lowest BCUT2D eigenvalue weighted by Gasteiger charge is -2.26. The predicted molar refractivity (Wildman–Crippen MR) is 117 cm³/mol. The summed E-state index contributed by atoms with van der Waals surface area (Å²) < 4.78 is 11.0. The molecule has 1 aliphatic heterocycles. The number of para-hydroxylation sites is 1. The molecule has 30 heavy (non-hydrogen) atoms. The fourth-order valence-electron chi connectivity index (χ4n) is 3.36. The number of ether oxygens (including phenoxy) is 2. The van der Waals surface area contributed by atoms with Crippen LogP contribution in [-0.4, -0.2) is 49.6 Å². The highest BCUT2D eigenvalue weighted by atomic mass is 16.5. The summed E-state index contributed by atoms with van der Waals surface area (Å²) in [5.41, 5.74) is 2.59. The van der Waals surface area contributed by atoms with E-state index in [9.17, 15) is 9.59 Å². The van der Waals surface area contributed by atoms with Crippen LogP contribution in [0.1, 0.15) is 31.9 Å². The Hall–Kier alpha value is -2.86. The maximum Gasteiger partial charge on any atom is 0.262 e. The molecular weight excluding hydrogens is 380 g/mol. The van der Waals surface area contributed by atoms with E-state index in [4.69, 9.17) is 9.47 Å². The van der Waals surface area contributed by atoms with E-state index < -0.39 is 0 Å². The van der Waals surface area contributed by atoms with Gasteiger partial charge in [-0.15, -0.1) is 0 Å². The summed E-state index contributed by atoms with van der Waals surface area (Å²) in [4.78, 5) is 26.5. The number of carbonyl (C=O) groups is 2. The van der Waals surface area contributed by atoms with Crippen molar-refractivity contribution in [2.45, 2.75) is 32.6 Å². The van der Waals surface area contributed by atoms with E-state index >= 15 is 0 Å². The second kappa shape index (κ2) is 9.76. The van der Waals surface area contributed by atoms with Crippen LogP contribution in [-0.2, 0) is 26.2 Å². The van der Waals surface area contributed by atoms with Crippen LogP contribution in [0.5, 0.6) is 5.75 Å². The first-order valence-electron chi connectivity index (χ1n) is 10.3. The first-order chi connectivity index (χ1) is 14.3. The number of morpholine rings is 1. The van der Waals surface area contributed by atoms with Gasteiger partial charge in [-0.1, -0.05) is 51.1 Å². The summed E-state index contributed by atoms with van der Waals surface area (Å²) >= 11 is 0. The van der Waals surface area contributed by atoms with Gasteiger partial charge in [0.1, 0.15) is 5.75 Å². The fourth-order valence-corrected chi connectivity index (χ4v) is 3.36. The van der Waals surface area contributed by atoms with Crippen molar-refractivity contribution in [1.82, 2.24) is 4.90 Å². The van der Waals surface area contributed by atoms with Gasteiger partial charge in [0.15, 0.2) is 6.61 Å². The van der Waals surface area contributed by atoms with Gasteiger partial charge in [-0.3, -0.25) is 9.59 Å². The Morgan fingerprint density at radius 3 is 2.37 bits per heavy atom. The molecule has 0 radical (unpaired) electrons. The van der Waals surface area contributed by atoms with Gasteiger partial charge < -0.3 is 19.7 Å². The lowest BCUT2D eigenvalue weighted by molar-refractivity contribution is -0.134. The number of amides is 2. The second-order valence-corrected chi connectivity index (χ2v) is 8.45. The van der Waals surface area contributed by atoms with Gasteiger partial charge in [0.2, 0.25) is 5.91 Å². The van der Waals surface area contributed by atoms with E-state index in [1.54, 1.807) is 0 Å². The monoisotopic (exact) mass is 410 g/mol. The molecule has 0 bridgehead atoms. The van der Waals surface area contributed by atoms with Gasteiger partial charge in [-0.2, -0.15) is 0 Å². The quantitative estimate of drug-likeness (QED) is 0.793. The van der Waals surface area contributed by atoms with Gasteiger partial charge in [0.05, 0.1) is 19.6 Å². The Bertz CT molecular complexity index is 866. The van der Waals surface area contributed by atoms with Gasteiger partial charge in [-0.05, 0) is 34.7 Å². The first kappa shape index (κ1) is 21.8. The van der Waals surface area contributed by atoms with E-state index in [1.807, 2.05) is 53.4 Å². The van der Waals surface area contributed by atoms with Crippen molar-refractivity contribution in [3.8, 4) is 5.75 Å². The molecule has 1 N–H and O–H groups in total. The molecule has 0 aromatic heterocycles. The summed E-state index contributed by atoms with van der Waals surface area (Å²) in [7, 11) is 0. The normalized spacial score (nSPS) is 14.3. The smallest absolute Gasteiger partial charge is 0.262 e. The number of hydrogen-bond donors (Lipinski definition) is 1. The molecule has 0 unspecified atom stereocenters. The zero-order chi connectivity index (χ0) is 21.6. The fraction of sp³-hybridized carbons (Fsp3) is 0.417. The van der Waals surface area contributed by atoms with Crippen molar-refractivity contribution in [2.75, 3.05) is 38.2 Å². The molecule has 0 spiro atoms. The summed E-state index contributed by atoms with van der Waals surface area (Å²) in [5, 5.41) is 2.84. The largest absolute Gasteiger partial charge is 0.483 e. The van der Waals surface area contributed by atoms with Crippen LogP contribution in [0.3, 0.4) is 0 Å². The summed E-state index contributed by atoms with van der Waals surface area (Å²) in [6, 6.07) is 15.1. The number of benzene rings is 2. The Kier molecular flexibility index (Phi) is 7.11. The average molecular weight is 411 g/mol. The van der Waals surface area contributed by atoms with Crippen molar-refractivity contribution in [3.05, 3.63) is 59.7 Å². The molecule has 1 fully saturated rings. The van der Waals surface area contributed by atoms with Crippen LogP contribution in [0.4, 0.5) is 5.69 Å². The van der Waals surface area contributed by atoms with Crippen LogP contribution >= 0.6 is 0 Å². The highest BCUT2D eigenvalue weighted by Gasteiger charge is 2.19. The molecule has 0 saturated carbocycles. The van der Waals surface area contributed by atoms with Crippen LogP contribution < -0.4 is 10.1 Å². The number of anilines is 1. The number of rotatable bonds is 6. The standard InChI is InChI=1S/C24H30N2O4/c1-24(2,3)20-6-4-5-7-21(20)30-17-22(27)25-19-10-8-18(9-11-19)16-23(28)26-12-14-29-15-13-26/h4-11H,12-17H2,1-3H3,(H,25,27). The van der Waals surface area contributed by atoms with Gasteiger partial charge in [0.25, 0.3) is 5.91 Å². The Morgan fingerprint density at radius 2 is 1.70 bits per heavy atom. The SMILES string of the molecule is CC(C)(C)c1ccccc1OCC(=O)Nc1ccc(CC(=O)N2CCOCC2)cc1. The van der Waals surface area contributed by atoms with E-state index in [0.29, 0.717) is 38.4 Å². The minimum Gasteiger partial charge on any atom is -0.483 e. The van der Waals surface area contributed by atoms with Gasteiger partial charge >= 0.3 is 0 Å². The Balaban J connectivity index is 1.51. The molecule has 6 nitrogen and oxygen atoms in total. The van der Waals surface area contributed by atoms with Gasteiger partial charge in [-0.25, -0.2) is 0 Å². The molecule has 6 heteroatoms. The zero-order valence-corrected chi connectivity index (χ0v) is 17.9. The maximum atomic E-state index is 12.3. The highest BCUT2D eigenvalue weighted by Crippen LogP contribution is 2.30. The van der Waals surface area contributed by atoms with E-state index in [1.165, 1.54) is 0 Å². The van der Waals surface area contributed by atoms with Crippen LogP contribution in [0.15, 0.2) is 48.5 Å². The number of nitrogens with zero attached hydrogens (tertiary/aromatic N) is 1. The maximum absolute atomic E-state index is 12.3. The Morgan fingerprint density at radius 1 is 1.03 bits per heavy atom. The summed E-state index contributed by atoms with van der Waals surface area (Å²) in [6.45, 7) is 8.75. The van der Waals surface area contributed by atoms with Crippen LogP contribution in [0.25, 0.3) is 0 Å². The lowest BCUT2D eigenvalue weighted by atomic mass is 9.86. The molecule has 0 aliphatic carbocycles. The summed E-state index contributed by atoms with van der Waals surface area (Å²) in [5.74, 6) is 0.592. The van der Waals surface area contributed by atoms with E-state index in [-0.39, 0.29) is 23.8 Å². The molecule has 160 valence electrons. The summed E-state index contributed by atoms with van der Waals surface area (Å²) in [6.07, 6.45) is 0.348. The highest BCUT2D eigenvalue weighted by molar-refractivity contribution is 5.92. The van der Waals surface area contributed by atoms with Crippen LogP contribution in [0, 0.1) is 0 Å². The van der Waals surface area contributed by atoms with Crippen molar-refractivity contribution in [1.29, 1.82) is 0 Å². The number of nitrogens with one attached hydrogen (secondary N) is 1. The molecule has 0 atom stereocenters. The number of hydrogen-bond acceptors (Lipinski definition) is 4. The third-order valence-corrected chi connectivity index (χ3v) is 5.01. The van der Waals surface area contributed by atoms with Crippen molar-refractivity contribution in [3.63, 3.8) is 0 Å². The minimum atomic E-state index is -0.226. The topological polar surface area (TPSA) is 67.9 Å². The molecule has 2 amide bonds. The molecule has 2 aromatic rings. The van der Waals surface area contributed by atoms with E-state index in [0.717, 1.165) is 16.9 Å². The predicted octanol–water partition coefficient (Wildman–Crippen LogP) is 3.40. The zero-order valence-electron chi connectivity index (χ0n) is 17.9. The molecule has 1 heterocycles. The molecule has 3 rings (SSSR count). The third-order valence-electron chi connectivity index (χ3n) is 5.01. The molecule has 2 aromatic carbocycles. The molecular formula is C24H30N2O4. The third kappa shape index (κ3) is 6.07. The average Bonchev–Trinajstić information content (AvgIpc) is 2.74. The molecule has 1 aliphatic rings. The van der Waals surface area contributed by atoms with Gasteiger partial charge in [0, 0.05) is 18.8 Å².